The van der Waals surface area contributed by atoms with Crippen LogP contribution in [0.4, 0.5) is 5.13 Å². The minimum atomic E-state index is 0.464. The Kier molecular flexibility index (Phi) is 2.02. The lowest BCUT2D eigenvalue weighted by Crippen LogP contribution is -2.16. The fraction of sp³-hybridized carbons (Fsp3) is 0.778. The van der Waals surface area contributed by atoms with E-state index in [1.54, 1.807) is 6.33 Å². The molecule has 0 saturated heterocycles. The van der Waals surface area contributed by atoms with E-state index >= 15 is 0 Å². The van der Waals surface area contributed by atoms with Crippen LogP contribution < -0.4 is 5.32 Å². The zero-order valence-electron chi connectivity index (χ0n) is 8.24. The van der Waals surface area contributed by atoms with Gasteiger partial charge in [0.15, 0.2) is 0 Å². The van der Waals surface area contributed by atoms with Gasteiger partial charge in [-0.2, -0.15) is 4.37 Å². The molecule has 1 aliphatic rings. The molecule has 1 saturated carbocycles. The lowest BCUT2D eigenvalue weighted by Gasteiger charge is -2.15. The summed E-state index contributed by atoms with van der Waals surface area (Å²) in [5, 5.41) is 4.37. The average molecular weight is 197 g/mol. The first-order valence-corrected chi connectivity index (χ1v) is 5.43. The second kappa shape index (κ2) is 2.94. The first-order chi connectivity index (χ1) is 6.13. The summed E-state index contributed by atoms with van der Waals surface area (Å²) < 4.78 is 3.96. The highest BCUT2D eigenvalue weighted by Gasteiger charge is 2.52. The maximum absolute atomic E-state index is 4.12. The molecule has 1 aliphatic carbocycles. The SMILES string of the molecule is CC(C)C1(C)CC1Nc1ncns1. The zero-order valence-corrected chi connectivity index (χ0v) is 9.06. The molecule has 1 N–H and O–H groups in total. The molecule has 0 amide bonds. The van der Waals surface area contributed by atoms with Crippen molar-refractivity contribution in [1.29, 1.82) is 0 Å². The van der Waals surface area contributed by atoms with Crippen molar-refractivity contribution in [2.24, 2.45) is 11.3 Å². The van der Waals surface area contributed by atoms with E-state index in [1.807, 2.05) is 0 Å². The molecule has 2 rings (SSSR count). The van der Waals surface area contributed by atoms with Gasteiger partial charge in [-0.3, -0.25) is 0 Å². The molecular weight excluding hydrogens is 182 g/mol. The predicted molar refractivity (Wildman–Crippen MR) is 54.9 cm³/mol. The smallest absolute Gasteiger partial charge is 0.202 e. The molecule has 0 aromatic carbocycles. The Balaban J connectivity index is 1.94. The molecule has 1 fully saturated rings. The summed E-state index contributed by atoms with van der Waals surface area (Å²) in [4.78, 5) is 4.12. The van der Waals surface area contributed by atoms with Crippen molar-refractivity contribution < 1.29 is 0 Å². The second-order valence-corrected chi connectivity index (χ2v) is 5.09. The highest BCUT2D eigenvalue weighted by atomic mass is 32.1. The summed E-state index contributed by atoms with van der Waals surface area (Å²) in [5.41, 5.74) is 0.464. The molecule has 0 radical (unpaired) electrons. The molecule has 1 aromatic heterocycles. The largest absolute Gasteiger partial charge is 0.357 e. The Bertz CT molecular complexity index is 283. The van der Waals surface area contributed by atoms with Crippen LogP contribution in [0.25, 0.3) is 0 Å². The molecular formula is C9H15N3S. The van der Waals surface area contributed by atoms with Crippen LogP contribution in [0.1, 0.15) is 27.2 Å². The molecule has 0 bridgehead atoms. The number of anilines is 1. The molecule has 0 spiro atoms. The summed E-state index contributed by atoms with van der Waals surface area (Å²) in [7, 11) is 0. The highest BCUT2D eigenvalue weighted by molar-refractivity contribution is 7.09. The van der Waals surface area contributed by atoms with Gasteiger partial charge in [0, 0.05) is 17.6 Å². The Labute approximate surface area is 82.8 Å². The fourth-order valence-electron chi connectivity index (χ4n) is 1.62. The third-order valence-corrected chi connectivity index (χ3v) is 3.85. The number of nitrogens with one attached hydrogen (secondary N) is 1. The van der Waals surface area contributed by atoms with E-state index in [0.717, 1.165) is 11.0 Å². The normalized spacial score (nSPS) is 32.2. The van der Waals surface area contributed by atoms with Crippen LogP contribution in [0.2, 0.25) is 0 Å². The van der Waals surface area contributed by atoms with Crippen LogP contribution >= 0.6 is 11.5 Å². The molecule has 0 aliphatic heterocycles. The maximum atomic E-state index is 4.12. The van der Waals surface area contributed by atoms with Crippen molar-refractivity contribution in [3.8, 4) is 0 Å². The third-order valence-electron chi connectivity index (χ3n) is 3.26. The minimum Gasteiger partial charge on any atom is -0.357 e. The summed E-state index contributed by atoms with van der Waals surface area (Å²) >= 11 is 1.43. The van der Waals surface area contributed by atoms with E-state index in [2.05, 4.69) is 35.4 Å². The first-order valence-electron chi connectivity index (χ1n) is 4.66. The van der Waals surface area contributed by atoms with Gasteiger partial charge in [-0.15, -0.1) is 0 Å². The van der Waals surface area contributed by atoms with Crippen molar-refractivity contribution in [2.75, 3.05) is 5.32 Å². The van der Waals surface area contributed by atoms with Gasteiger partial charge in [-0.05, 0) is 17.8 Å². The monoisotopic (exact) mass is 197 g/mol. The molecule has 13 heavy (non-hydrogen) atoms. The standard InChI is InChI=1S/C9H15N3S/c1-6(2)9(3)4-7(9)12-8-10-5-11-13-8/h5-7H,4H2,1-3H3,(H,10,11,12). The van der Waals surface area contributed by atoms with E-state index in [1.165, 1.54) is 18.0 Å². The summed E-state index contributed by atoms with van der Waals surface area (Å²) in [5.74, 6) is 0.734. The molecule has 2 atom stereocenters. The fourth-order valence-corrected chi connectivity index (χ4v) is 2.10. The van der Waals surface area contributed by atoms with E-state index in [4.69, 9.17) is 0 Å². The second-order valence-electron chi connectivity index (χ2n) is 4.31. The van der Waals surface area contributed by atoms with Gasteiger partial charge in [0.1, 0.15) is 6.33 Å². The van der Waals surface area contributed by atoms with Crippen LogP contribution in [-0.4, -0.2) is 15.4 Å². The zero-order chi connectivity index (χ0) is 9.47. The summed E-state index contributed by atoms with van der Waals surface area (Å²) in [6.45, 7) is 6.89. The van der Waals surface area contributed by atoms with Gasteiger partial charge < -0.3 is 5.32 Å². The topological polar surface area (TPSA) is 37.8 Å². The maximum Gasteiger partial charge on any atom is 0.202 e. The quantitative estimate of drug-likeness (QED) is 0.808. The molecule has 1 aromatic rings. The van der Waals surface area contributed by atoms with Gasteiger partial charge in [0.25, 0.3) is 0 Å². The number of nitrogens with zero attached hydrogens (tertiary/aromatic N) is 2. The third kappa shape index (κ3) is 1.55. The molecule has 4 heteroatoms. The van der Waals surface area contributed by atoms with E-state index in [0.29, 0.717) is 11.5 Å². The van der Waals surface area contributed by atoms with Crippen LogP contribution in [-0.2, 0) is 0 Å². The Hall–Kier alpha value is -0.640. The molecule has 72 valence electrons. The van der Waals surface area contributed by atoms with Gasteiger partial charge in [0.2, 0.25) is 5.13 Å². The molecule has 2 unspecified atom stereocenters. The van der Waals surface area contributed by atoms with Crippen molar-refractivity contribution in [3.63, 3.8) is 0 Å². The van der Waals surface area contributed by atoms with Gasteiger partial charge in [0.05, 0.1) is 0 Å². The van der Waals surface area contributed by atoms with E-state index < -0.39 is 0 Å². The lowest BCUT2D eigenvalue weighted by molar-refractivity contribution is 0.388. The molecule has 3 nitrogen and oxygen atoms in total. The van der Waals surface area contributed by atoms with Crippen LogP contribution in [0.5, 0.6) is 0 Å². The summed E-state index contributed by atoms with van der Waals surface area (Å²) in [6.07, 6.45) is 2.85. The van der Waals surface area contributed by atoms with Crippen molar-refractivity contribution in [1.82, 2.24) is 9.36 Å². The van der Waals surface area contributed by atoms with Crippen LogP contribution in [0, 0.1) is 11.3 Å². The predicted octanol–water partition coefficient (Wildman–Crippen LogP) is 2.38. The number of hydrogen-bond acceptors (Lipinski definition) is 4. The highest BCUT2D eigenvalue weighted by Crippen LogP contribution is 2.52. The van der Waals surface area contributed by atoms with Gasteiger partial charge in [-0.1, -0.05) is 20.8 Å². The van der Waals surface area contributed by atoms with Crippen molar-refractivity contribution in [2.45, 2.75) is 33.2 Å². The first kappa shape index (κ1) is 8.94. The number of hydrogen-bond donors (Lipinski definition) is 1. The Morgan fingerprint density at radius 2 is 2.46 bits per heavy atom. The van der Waals surface area contributed by atoms with E-state index in [9.17, 15) is 0 Å². The van der Waals surface area contributed by atoms with Crippen LogP contribution in [0.15, 0.2) is 6.33 Å². The van der Waals surface area contributed by atoms with Gasteiger partial charge in [-0.25, -0.2) is 4.98 Å². The lowest BCUT2D eigenvalue weighted by atomic mass is 9.94. The minimum absolute atomic E-state index is 0.464. The molecule has 1 heterocycles. The Morgan fingerprint density at radius 1 is 1.69 bits per heavy atom. The van der Waals surface area contributed by atoms with Gasteiger partial charge >= 0.3 is 0 Å². The van der Waals surface area contributed by atoms with Crippen molar-refractivity contribution >= 4 is 16.7 Å². The number of rotatable bonds is 3. The number of aromatic nitrogens is 2. The van der Waals surface area contributed by atoms with Crippen LogP contribution in [0.3, 0.4) is 0 Å². The van der Waals surface area contributed by atoms with Crippen molar-refractivity contribution in [3.05, 3.63) is 6.33 Å². The Morgan fingerprint density at radius 3 is 2.92 bits per heavy atom. The average Bonchev–Trinajstić information content (AvgIpc) is 2.53. The van der Waals surface area contributed by atoms with E-state index in [-0.39, 0.29) is 0 Å². The summed E-state index contributed by atoms with van der Waals surface area (Å²) in [6, 6.07) is 0.598.